The molecule has 0 spiro atoms. The molecule has 4 N–H and O–H groups in total. The lowest BCUT2D eigenvalue weighted by Crippen LogP contribution is -2.45. The zero-order valence-corrected chi connectivity index (χ0v) is 37.1. The maximum absolute atomic E-state index is 13.4. The summed E-state index contributed by atoms with van der Waals surface area (Å²) >= 11 is 6.21. The van der Waals surface area contributed by atoms with Crippen molar-refractivity contribution in [2.75, 3.05) is 34.0 Å². The largest absolute Gasteiger partial charge is 0.497 e. The van der Waals surface area contributed by atoms with E-state index in [0.29, 0.717) is 28.2 Å². The molecule has 7 atom stereocenters. The van der Waals surface area contributed by atoms with E-state index in [1.165, 1.54) is 26.2 Å². The van der Waals surface area contributed by atoms with Crippen molar-refractivity contribution in [3.63, 3.8) is 0 Å². The van der Waals surface area contributed by atoms with Crippen LogP contribution in [0.25, 0.3) is 0 Å². The van der Waals surface area contributed by atoms with Crippen LogP contribution in [0.15, 0.2) is 110 Å². The summed E-state index contributed by atoms with van der Waals surface area (Å²) in [7, 11) is 3.11. The van der Waals surface area contributed by atoms with E-state index in [2.05, 4.69) is 9.97 Å². The molecule has 7 rings (SSSR count). The average molecular weight is 918 g/mol. The Hall–Kier alpha value is -5.52. The predicted octanol–water partition coefficient (Wildman–Crippen LogP) is 3.61. The summed E-state index contributed by atoms with van der Waals surface area (Å²) in [5.74, 6) is 1.18. The molecule has 2 aliphatic rings. The van der Waals surface area contributed by atoms with E-state index in [1.807, 2.05) is 60.7 Å². The highest BCUT2D eigenvalue weighted by molar-refractivity contribution is 8.10. The van der Waals surface area contributed by atoms with Crippen LogP contribution < -0.4 is 32.0 Å². The Balaban J connectivity index is 1.31. The van der Waals surface area contributed by atoms with Crippen LogP contribution in [0.4, 0.5) is 0 Å². The molecule has 2 saturated heterocycles. The summed E-state index contributed by atoms with van der Waals surface area (Å²) in [6, 6.07) is 25.9. The number of ether oxygens (including phenoxy) is 5. The second-order valence-electron chi connectivity index (χ2n) is 15.4. The number of methoxy groups -OCH3 is 2. The zero-order chi connectivity index (χ0) is 45.8. The molecule has 0 bridgehead atoms. The number of aromatic amines is 2. The molecule has 0 radical (unpaired) electrons. The highest BCUT2D eigenvalue weighted by atomic mass is 32.5. The zero-order valence-electron chi connectivity index (χ0n) is 35.4. The molecular formula is C44H48N5O13PS. The van der Waals surface area contributed by atoms with Gasteiger partial charge in [-0.05, 0) is 66.6 Å². The summed E-state index contributed by atoms with van der Waals surface area (Å²) in [5, 5.41) is 31.6. The van der Waals surface area contributed by atoms with Crippen molar-refractivity contribution in [1.82, 2.24) is 19.1 Å². The number of H-pyrrole nitrogens is 2. The Kier molecular flexibility index (Phi) is 14.0. The van der Waals surface area contributed by atoms with Crippen molar-refractivity contribution in [3.05, 3.63) is 161 Å². The molecule has 20 heteroatoms. The van der Waals surface area contributed by atoms with E-state index in [4.69, 9.17) is 44.5 Å². The van der Waals surface area contributed by atoms with Gasteiger partial charge in [-0.3, -0.25) is 28.7 Å². The second kappa shape index (κ2) is 19.3. The number of rotatable bonds is 17. The molecule has 2 fully saturated rings. The fourth-order valence-corrected chi connectivity index (χ4v) is 11.0. The van der Waals surface area contributed by atoms with Crippen LogP contribution in [0.5, 0.6) is 11.5 Å². The fourth-order valence-electron chi connectivity index (χ4n) is 7.91. The number of aliphatic hydroxyl groups is 2. The van der Waals surface area contributed by atoms with Crippen LogP contribution in [0.3, 0.4) is 0 Å². The third-order valence-electron chi connectivity index (χ3n) is 11.4. The van der Waals surface area contributed by atoms with Crippen molar-refractivity contribution >= 4 is 18.3 Å². The predicted molar refractivity (Wildman–Crippen MR) is 235 cm³/mol. The van der Waals surface area contributed by atoms with Gasteiger partial charge in [0.25, 0.3) is 11.1 Å². The number of hydrogen-bond acceptors (Lipinski definition) is 15. The highest BCUT2D eigenvalue weighted by Gasteiger charge is 2.60. The molecule has 4 heterocycles. The molecule has 18 nitrogen and oxygen atoms in total. The smallest absolute Gasteiger partial charge is 0.330 e. The van der Waals surface area contributed by atoms with E-state index >= 15 is 0 Å². The number of benzene rings is 3. The van der Waals surface area contributed by atoms with E-state index in [1.54, 1.807) is 38.5 Å². The molecule has 2 aromatic heterocycles. The number of aromatic nitrogens is 4. The molecule has 0 amide bonds. The molecule has 2 aliphatic heterocycles. The Bertz CT molecular complexity index is 2730. The third kappa shape index (κ3) is 9.07. The Labute approximate surface area is 371 Å². The topological polar surface area (TPSA) is 239 Å². The first-order chi connectivity index (χ1) is 30.7. The van der Waals surface area contributed by atoms with Crippen LogP contribution in [0, 0.1) is 25.2 Å². The van der Waals surface area contributed by atoms with Gasteiger partial charge in [0.15, 0.2) is 5.34 Å². The first kappa shape index (κ1) is 46.5. The minimum atomic E-state index is -4.17. The van der Waals surface area contributed by atoms with Gasteiger partial charge in [0.05, 0.1) is 52.6 Å². The molecular weight excluding hydrogens is 870 g/mol. The van der Waals surface area contributed by atoms with Crippen molar-refractivity contribution in [2.24, 2.45) is 0 Å². The number of nitriles is 1. The molecule has 3 aromatic carbocycles. The number of nitrogens with one attached hydrogen (secondary N) is 2. The summed E-state index contributed by atoms with van der Waals surface area (Å²) in [5.41, 5.74) is -1.69. The molecule has 0 saturated carbocycles. The standard InChI is InChI=1S/C44H48N5O13PS/c1-27-23-48(41(53)46-39(27)51)37-21-34(50)35(61-37)25-60-63(64,59-20-8-19-45)43(55)22-38(49-24-28(2)40(52)47-42(49)54)62-36(43)26-58-44(29-9-6-5-7-10-29,30-11-15-32(56-3)16-12-30)31-13-17-33(57-4)18-14-31/h5-7,9-18,23-24,34-38,50,55H,8,20-22,25-26H2,1-4H3,(H,46,51,53)(H,47,52,54)/t34-,35+,36+,37+,38+,43+,63?/m0/s1. The van der Waals surface area contributed by atoms with Gasteiger partial charge >= 0.3 is 11.4 Å². The normalized spacial score (nSPS) is 23.0. The number of aryl methyl sites for hydroxylation is 2. The highest BCUT2D eigenvalue weighted by Crippen LogP contribution is 2.66. The van der Waals surface area contributed by atoms with Gasteiger partial charge in [-0.15, -0.1) is 0 Å². The third-order valence-corrected chi connectivity index (χ3v) is 15.4. The Morgan fingerprint density at radius 3 is 1.88 bits per heavy atom. The minimum absolute atomic E-state index is 0.0593. The summed E-state index contributed by atoms with van der Waals surface area (Å²) in [6.07, 6.45) is -3.96. The van der Waals surface area contributed by atoms with E-state index < -0.39 is 90.3 Å². The van der Waals surface area contributed by atoms with Gasteiger partial charge in [0.2, 0.25) is 6.49 Å². The van der Waals surface area contributed by atoms with Crippen LogP contribution >= 0.6 is 6.49 Å². The molecule has 5 aromatic rings. The maximum Gasteiger partial charge on any atom is 0.330 e. The van der Waals surface area contributed by atoms with Gasteiger partial charge in [-0.2, -0.15) is 5.26 Å². The van der Waals surface area contributed by atoms with Crippen molar-refractivity contribution < 1.29 is 42.9 Å². The van der Waals surface area contributed by atoms with E-state index in [0.717, 1.165) is 9.13 Å². The lowest BCUT2D eigenvalue weighted by atomic mass is 9.80. The van der Waals surface area contributed by atoms with Crippen LogP contribution in [0.1, 0.15) is 59.5 Å². The molecule has 64 heavy (non-hydrogen) atoms. The monoisotopic (exact) mass is 917 g/mol. The first-order valence-corrected chi connectivity index (χ1v) is 22.9. The quantitative estimate of drug-likeness (QED) is 0.0592. The number of hydrogen-bond donors (Lipinski definition) is 4. The van der Waals surface area contributed by atoms with Crippen molar-refractivity contribution in [2.45, 2.75) is 74.8 Å². The Morgan fingerprint density at radius 1 is 0.812 bits per heavy atom. The van der Waals surface area contributed by atoms with Crippen LogP contribution in [0.2, 0.25) is 0 Å². The molecule has 1 unspecified atom stereocenters. The van der Waals surface area contributed by atoms with Crippen LogP contribution in [-0.2, 0) is 40.7 Å². The Morgan fingerprint density at radius 2 is 1.34 bits per heavy atom. The van der Waals surface area contributed by atoms with Gasteiger partial charge in [0, 0.05) is 36.4 Å². The fraction of sp³-hybridized carbons (Fsp3) is 0.386. The summed E-state index contributed by atoms with van der Waals surface area (Å²) in [4.78, 5) is 55.1. The van der Waals surface area contributed by atoms with Crippen LogP contribution in [-0.4, -0.2) is 87.0 Å². The summed E-state index contributed by atoms with van der Waals surface area (Å²) < 4.78 is 45.7. The van der Waals surface area contributed by atoms with Gasteiger partial charge in [-0.25, -0.2) is 9.59 Å². The average Bonchev–Trinajstić information content (AvgIpc) is 3.85. The summed E-state index contributed by atoms with van der Waals surface area (Å²) in [6.45, 7) is -2.29. The van der Waals surface area contributed by atoms with Crippen molar-refractivity contribution in [3.8, 4) is 17.6 Å². The maximum atomic E-state index is 13.4. The molecule has 338 valence electrons. The van der Waals surface area contributed by atoms with Gasteiger partial charge in [0.1, 0.15) is 41.8 Å². The van der Waals surface area contributed by atoms with E-state index in [-0.39, 0.29) is 30.6 Å². The van der Waals surface area contributed by atoms with Gasteiger partial charge < -0.3 is 42.9 Å². The number of aliphatic hydroxyl groups excluding tert-OH is 1. The molecule has 0 aliphatic carbocycles. The first-order valence-electron chi connectivity index (χ1n) is 20.3. The second-order valence-corrected chi connectivity index (χ2v) is 19.1. The minimum Gasteiger partial charge on any atom is -0.497 e. The van der Waals surface area contributed by atoms with Crippen molar-refractivity contribution in [1.29, 1.82) is 5.26 Å². The van der Waals surface area contributed by atoms with Gasteiger partial charge in [-0.1, -0.05) is 54.6 Å². The SMILES string of the molecule is COc1ccc(C(OC[C@H]2O[C@@H](n3cc(C)c(=O)[nH]c3=O)C[C@@]2(O)P(=S)(OCCC#N)OC[C@H]2O[C@@H](n3cc(C)c(=O)[nH]c3=O)C[C@@H]2O)(c2ccccc2)c2ccc(OC)cc2)cc1. The number of nitrogens with zero attached hydrogens (tertiary/aromatic N) is 3. The van der Waals surface area contributed by atoms with E-state index in [9.17, 15) is 34.7 Å². The lowest BCUT2D eigenvalue weighted by Gasteiger charge is -2.41. The lowest BCUT2D eigenvalue weighted by molar-refractivity contribution is -0.106.